The van der Waals surface area contributed by atoms with E-state index >= 15 is 0 Å². The zero-order valence-corrected chi connectivity index (χ0v) is 13.3. The smallest absolute Gasteiger partial charge is 0.146 e. The van der Waals surface area contributed by atoms with Crippen LogP contribution in [0.25, 0.3) is 0 Å². The first-order valence-electron chi connectivity index (χ1n) is 7.23. The van der Waals surface area contributed by atoms with Crippen molar-refractivity contribution in [3.63, 3.8) is 0 Å². The number of anilines is 2. The maximum Gasteiger partial charge on any atom is 0.146 e. The van der Waals surface area contributed by atoms with Crippen molar-refractivity contribution >= 4 is 27.6 Å². The molecule has 0 radical (unpaired) electrons. The van der Waals surface area contributed by atoms with Gasteiger partial charge in [-0.05, 0) is 41.6 Å². The van der Waals surface area contributed by atoms with Crippen molar-refractivity contribution in [1.82, 2.24) is 9.97 Å². The van der Waals surface area contributed by atoms with E-state index in [0.717, 1.165) is 22.7 Å². The first-order chi connectivity index (χ1) is 9.22. The highest BCUT2D eigenvalue weighted by atomic mass is 79.9. The molecule has 0 amide bonds. The Kier molecular flexibility index (Phi) is 5.43. The lowest BCUT2D eigenvalue weighted by molar-refractivity contribution is 0.455. The van der Waals surface area contributed by atoms with Crippen molar-refractivity contribution in [2.75, 3.05) is 17.2 Å². The predicted octanol–water partition coefficient (Wildman–Crippen LogP) is 4.05. The Balaban J connectivity index is 2.11. The SMILES string of the molecule is CCNc1ncnc(NC2CCCCCC2C)c1Br. The van der Waals surface area contributed by atoms with E-state index in [4.69, 9.17) is 0 Å². The second-order valence-electron chi connectivity index (χ2n) is 5.28. The summed E-state index contributed by atoms with van der Waals surface area (Å²) in [6.45, 7) is 5.26. The highest BCUT2D eigenvalue weighted by Crippen LogP contribution is 2.30. The maximum atomic E-state index is 4.37. The Bertz CT molecular complexity index is 410. The lowest BCUT2D eigenvalue weighted by Crippen LogP contribution is -2.27. The van der Waals surface area contributed by atoms with E-state index in [0.29, 0.717) is 12.0 Å². The molecule has 1 aliphatic rings. The summed E-state index contributed by atoms with van der Waals surface area (Å²) in [5, 5.41) is 6.84. The third kappa shape index (κ3) is 3.81. The highest BCUT2D eigenvalue weighted by Gasteiger charge is 2.21. The predicted molar refractivity (Wildman–Crippen MR) is 83.6 cm³/mol. The second kappa shape index (κ2) is 7.08. The molecule has 5 heteroatoms. The molecule has 1 aromatic heterocycles. The molecule has 2 atom stereocenters. The Hall–Kier alpha value is -0.840. The van der Waals surface area contributed by atoms with E-state index in [-0.39, 0.29) is 0 Å². The molecule has 1 aromatic rings. The minimum absolute atomic E-state index is 0.517. The lowest BCUT2D eigenvalue weighted by atomic mass is 9.97. The molecule has 2 unspecified atom stereocenters. The van der Waals surface area contributed by atoms with Crippen LogP contribution in [0.3, 0.4) is 0 Å². The largest absolute Gasteiger partial charge is 0.369 e. The van der Waals surface area contributed by atoms with Gasteiger partial charge in [0.25, 0.3) is 0 Å². The van der Waals surface area contributed by atoms with Crippen molar-refractivity contribution < 1.29 is 0 Å². The first kappa shape index (κ1) is 14.6. The average Bonchev–Trinajstić information content (AvgIpc) is 2.60. The van der Waals surface area contributed by atoms with Gasteiger partial charge in [0.2, 0.25) is 0 Å². The third-order valence-electron chi connectivity index (χ3n) is 3.82. The van der Waals surface area contributed by atoms with Crippen LogP contribution in [-0.4, -0.2) is 22.6 Å². The fourth-order valence-corrected chi connectivity index (χ4v) is 3.10. The van der Waals surface area contributed by atoms with Crippen LogP contribution in [0.2, 0.25) is 0 Å². The summed E-state index contributed by atoms with van der Waals surface area (Å²) in [6.07, 6.45) is 8.18. The van der Waals surface area contributed by atoms with E-state index in [1.807, 2.05) is 0 Å². The molecule has 1 heterocycles. The van der Waals surface area contributed by atoms with Crippen LogP contribution in [0.5, 0.6) is 0 Å². The van der Waals surface area contributed by atoms with Crippen LogP contribution in [0.1, 0.15) is 46.0 Å². The number of hydrogen-bond acceptors (Lipinski definition) is 4. The van der Waals surface area contributed by atoms with Gasteiger partial charge in [-0.3, -0.25) is 0 Å². The normalized spacial score (nSPS) is 23.7. The standard InChI is InChI=1S/C14H23BrN4/c1-3-16-13-12(15)14(18-9-17-13)19-11-8-6-4-5-7-10(11)2/h9-11H,3-8H2,1-2H3,(H2,16,17,18,19). The number of nitrogens with zero attached hydrogens (tertiary/aromatic N) is 2. The summed E-state index contributed by atoms with van der Waals surface area (Å²) in [6, 6.07) is 0.517. The molecule has 2 rings (SSSR count). The molecule has 1 fully saturated rings. The van der Waals surface area contributed by atoms with Gasteiger partial charge in [-0.2, -0.15) is 0 Å². The van der Waals surface area contributed by atoms with Crippen molar-refractivity contribution in [1.29, 1.82) is 0 Å². The summed E-state index contributed by atoms with van der Waals surface area (Å²) in [5.41, 5.74) is 0. The van der Waals surface area contributed by atoms with Gasteiger partial charge in [0.1, 0.15) is 22.4 Å². The van der Waals surface area contributed by atoms with Gasteiger partial charge in [0.15, 0.2) is 0 Å². The quantitative estimate of drug-likeness (QED) is 0.819. The summed E-state index contributed by atoms with van der Waals surface area (Å²) in [7, 11) is 0. The van der Waals surface area contributed by atoms with E-state index in [1.165, 1.54) is 32.1 Å². The van der Waals surface area contributed by atoms with Crippen LogP contribution in [0, 0.1) is 5.92 Å². The van der Waals surface area contributed by atoms with Crippen LogP contribution in [0.15, 0.2) is 10.8 Å². The summed E-state index contributed by atoms with van der Waals surface area (Å²) in [4.78, 5) is 8.62. The minimum Gasteiger partial charge on any atom is -0.369 e. The second-order valence-corrected chi connectivity index (χ2v) is 6.07. The molecule has 0 spiro atoms. The molecule has 0 bridgehead atoms. The number of rotatable bonds is 4. The monoisotopic (exact) mass is 326 g/mol. The van der Waals surface area contributed by atoms with Crippen molar-refractivity contribution in [3.8, 4) is 0 Å². The molecular weight excluding hydrogens is 304 g/mol. The van der Waals surface area contributed by atoms with Gasteiger partial charge in [-0.25, -0.2) is 9.97 Å². The maximum absolute atomic E-state index is 4.37. The fourth-order valence-electron chi connectivity index (χ4n) is 2.64. The van der Waals surface area contributed by atoms with E-state index in [9.17, 15) is 0 Å². The van der Waals surface area contributed by atoms with Crippen LogP contribution in [0.4, 0.5) is 11.6 Å². The van der Waals surface area contributed by atoms with Crippen LogP contribution < -0.4 is 10.6 Å². The molecule has 1 saturated carbocycles. The highest BCUT2D eigenvalue weighted by molar-refractivity contribution is 9.10. The Morgan fingerprint density at radius 1 is 1.21 bits per heavy atom. The molecular formula is C14H23BrN4. The van der Waals surface area contributed by atoms with Gasteiger partial charge >= 0.3 is 0 Å². The Morgan fingerprint density at radius 2 is 1.95 bits per heavy atom. The molecule has 4 nitrogen and oxygen atoms in total. The van der Waals surface area contributed by atoms with Gasteiger partial charge < -0.3 is 10.6 Å². The van der Waals surface area contributed by atoms with E-state index < -0.39 is 0 Å². The fraction of sp³-hybridized carbons (Fsp3) is 0.714. The molecule has 0 aromatic carbocycles. The minimum atomic E-state index is 0.517. The third-order valence-corrected chi connectivity index (χ3v) is 4.57. The van der Waals surface area contributed by atoms with Crippen LogP contribution >= 0.6 is 15.9 Å². The van der Waals surface area contributed by atoms with Gasteiger partial charge in [0, 0.05) is 12.6 Å². The molecule has 106 valence electrons. The number of nitrogens with one attached hydrogen (secondary N) is 2. The summed E-state index contributed by atoms with van der Waals surface area (Å²) in [5.74, 6) is 2.47. The first-order valence-corrected chi connectivity index (χ1v) is 8.02. The Labute approximate surface area is 123 Å². The lowest BCUT2D eigenvalue weighted by Gasteiger charge is -2.24. The molecule has 19 heavy (non-hydrogen) atoms. The molecule has 2 N–H and O–H groups in total. The molecule has 1 aliphatic carbocycles. The number of aromatic nitrogens is 2. The zero-order valence-electron chi connectivity index (χ0n) is 11.7. The van der Waals surface area contributed by atoms with Crippen LogP contribution in [-0.2, 0) is 0 Å². The van der Waals surface area contributed by atoms with Gasteiger partial charge in [-0.1, -0.05) is 26.2 Å². The summed E-state index contributed by atoms with van der Waals surface area (Å²) < 4.78 is 0.938. The number of halogens is 1. The average molecular weight is 327 g/mol. The molecule has 0 saturated heterocycles. The Morgan fingerprint density at radius 3 is 2.74 bits per heavy atom. The topological polar surface area (TPSA) is 49.8 Å². The summed E-state index contributed by atoms with van der Waals surface area (Å²) >= 11 is 3.60. The van der Waals surface area contributed by atoms with Crippen molar-refractivity contribution in [3.05, 3.63) is 10.8 Å². The number of hydrogen-bond donors (Lipinski definition) is 2. The van der Waals surface area contributed by atoms with Crippen molar-refractivity contribution in [2.24, 2.45) is 5.92 Å². The zero-order chi connectivity index (χ0) is 13.7. The van der Waals surface area contributed by atoms with E-state index in [2.05, 4.69) is 50.4 Å². The van der Waals surface area contributed by atoms with Gasteiger partial charge in [0.05, 0.1) is 0 Å². The van der Waals surface area contributed by atoms with Crippen molar-refractivity contribution in [2.45, 2.75) is 52.0 Å². The van der Waals surface area contributed by atoms with Gasteiger partial charge in [-0.15, -0.1) is 0 Å². The molecule has 0 aliphatic heterocycles. The van der Waals surface area contributed by atoms with E-state index in [1.54, 1.807) is 6.33 Å².